The number of amides is 1. The highest BCUT2D eigenvalue weighted by Crippen LogP contribution is 2.22. The third-order valence-electron chi connectivity index (χ3n) is 3.58. The molecule has 0 saturated carbocycles. The average molecular weight is 370 g/mol. The Bertz CT molecular complexity index is 937. The first-order valence-electron chi connectivity index (χ1n) is 7.93. The maximum atomic E-state index is 12.0. The summed E-state index contributed by atoms with van der Waals surface area (Å²) in [5.74, 6) is -0.606. The van der Waals surface area contributed by atoms with Crippen molar-refractivity contribution in [3.8, 4) is 5.75 Å². The minimum absolute atomic E-state index is 0.304. The lowest BCUT2D eigenvalue weighted by molar-refractivity contribution is -0.149. The van der Waals surface area contributed by atoms with Crippen LogP contribution < -0.4 is 10.1 Å². The number of carbonyl (C=O) groups is 2. The molecule has 3 aromatic rings. The summed E-state index contributed by atoms with van der Waals surface area (Å²) < 4.78 is 10.2. The number of nitrogens with one attached hydrogen (secondary N) is 1. The van der Waals surface area contributed by atoms with Crippen LogP contribution in [0.15, 0.2) is 66.7 Å². The number of carbonyl (C=O) groups excluding carboxylic acids is 2. The van der Waals surface area contributed by atoms with Crippen molar-refractivity contribution < 1.29 is 19.1 Å². The summed E-state index contributed by atoms with van der Waals surface area (Å²) >= 11 is 5.83. The smallest absolute Gasteiger partial charge is 0.344 e. The van der Waals surface area contributed by atoms with Crippen molar-refractivity contribution in [3.05, 3.63) is 71.8 Å². The van der Waals surface area contributed by atoms with Crippen LogP contribution in [0.1, 0.15) is 0 Å². The molecule has 3 aromatic carbocycles. The molecule has 5 nitrogen and oxygen atoms in total. The van der Waals surface area contributed by atoms with Crippen molar-refractivity contribution in [2.24, 2.45) is 0 Å². The van der Waals surface area contributed by atoms with Gasteiger partial charge in [-0.25, -0.2) is 4.79 Å². The molecular formula is C20H16ClNO4. The van der Waals surface area contributed by atoms with Crippen LogP contribution in [0.3, 0.4) is 0 Å². The topological polar surface area (TPSA) is 64.6 Å². The van der Waals surface area contributed by atoms with E-state index in [9.17, 15) is 9.59 Å². The second kappa shape index (κ2) is 8.36. The Morgan fingerprint density at radius 2 is 1.69 bits per heavy atom. The Hall–Kier alpha value is -3.05. The molecule has 0 unspecified atom stereocenters. The van der Waals surface area contributed by atoms with Gasteiger partial charge < -0.3 is 14.8 Å². The van der Waals surface area contributed by atoms with Crippen molar-refractivity contribution in [2.75, 3.05) is 18.5 Å². The predicted octanol–water partition coefficient (Wildman–Crippen LogP) is 4.05. The van der Waals surface area contributed by atoms with E-state index in [-0.39, 0.29) is 13.2 Å². The van der Waals surface area contributed by atoms with Gasteiger partial charge in [0.25, 0.3) is 5.91 Å². The number of ether oxygens (including phenoxy) is 2. The van der Waals surface area contributed by atoms with Gasteiger partial charge in [0.15, 0.2) is 13.2 Å². The van der Waals surface area contributed by atoms with Crippen LogP contribution in [0.4, 0.5) is 5.69 Å². The highest BCUT2D eigenvalue weighted by Gasteiger charge is 2.10. The molecule has 26 heavy (non-hydrogen) atoms. The molecule has 0 saturated heterocycles. The van der Waals surface area contributed by atoms with Gasteiger partial charge in [-0.3, -0.25) is 4.79 Å². The van der Waals surface area contributed by atoms with Crippen molar-refractivity contribution in [3.63, 3.8) is 0 Å². The van der Waals surface area contributed by atoms with Crippen LogP contribution in [0, 0.1) is 0 Å². The largest absolute Gasteiger partial charge is 0.482 e. The molecule has 1 N–H and O–H groups in total. The summed E-state index contributed by atoms with van der Waals surface area (Å²) in [6, 6.07) is 20.0. The number of hydrogen-bond acceptors (Lipinski definition) is 4. The van der Waals surface area contributed by atoms with E-state index < -0.39 is 11.9 Å². The van der Waals surface area contributed by atoms with Crippen molar-refractivity contribution in [1.29, 1.82) is 0 Å². The Morgan fingerprint density at radius 3 is 2.54 bits per heavy atom. The normalized spacial score (nSPS) is 10.3. The lowest BCUT2D eigenvalue weighted by atomic mass is 10.1. The zero-order valence-electron chi connectivity index (χ0n) is 13.8. The molecule has 0 aliphatic rings. The molecule has 1 amide bonds. The van der Waals surface area contributed by atoms with Gasteiger partial charge in [0, 0.05) is 16.1 Å². The van der Waals surface area contributed by atoms with Crippen molar-refractivity contribution in [1.82, 2.24) is 0 Å². The van der Waals surface area contributed by atoms with Crippen LogP contribution in [0.25, 0.3) is 10.8 Å². The molecule has 132 valence electrons. The van der Waals surface area contributed by atoms with Crippen LogP contribution >= 0.6 is 11.6 Å². The number of fused-ring (bicyclic) bond motifs is 1. The molecule has 3 rings (SSSR count). The van der Waals surface area contributed by atoms with E-state index in [4.69, 9.17) is 21.1 Å². The number of benzene rings is 3. The van der Waals surface area contributed by atoms with Crippen LogP contribution in [0.2, 0.25) is 5.02 Å². The number of rotatable bonds is 6. The first kappa shape index (κ1) is 17.8. The summed E-state index contributed by atoms with van der Waals surface area (Å²) in [7, 11) is 0. The first-order valence-corrected chi connectivity index (χ1v) is 8.31. The zero-order valence-corrected chi connectivity index (χ0v) is 14.5. The second-order valence-corrected chi connectivity index (χ2v) is 5.92. The highest BCUT2D eigenvalue weighted by molar-refractivity contribution is 6.30. The Morgan fingerprint density at radius 1 is 0.923 bits per heavy atom. The van der Waals surface area contributed by atoms with Gasteiger partial charge in [0.1, 0.15) is 5.75 Å². The monoisotopic (exact) mass is 369 g/mol. The molecule has 0 atom stereocenters. The molecular weight excluding hydrogens is 354 g/mol. The Kier molecular flexibility index (Phi) is 5.71. The quantitative estimate of drug-likeness (QED) is 0.666. The molecule has 0 heterocycles. The fourth-order valence-corrected chi connectivity index (χ4v) is 2.59. The van der Waals surface area contributed by atoms with Gasteiger partial charge >= 0.3 is 5.97 Å². The lowest BCUT2D eigenvalue weighted by Crippen LogP contribution is -2.23. The minimum Gasteiger partial charge on any atom is -0.482 e. The number of hydrogen-bond donors (Lipinski definition) is 1. The maximum absolute atomic E-state index is 12.0. The van der Waals surface area contributed by atoms with Crippen molar-refractivity contribution >= 4 is 39.9 Å². The van der Waals surface area contributed by atoms with E-state index in [0.717, 1.165) is 10.8 Å². The van der Waals surface area contributed by atoms with Gasteiger partial charge in [0.2, 0.25) is 0 Å². The molecule has 0 aliphatic carbocycles. The van der Waals surface area contributed by atoms with Crippen LogP contribution in [-0.4, -0.2) is 25.1 Å². The molecule has 0 aliphatic heterocycles. The molecule has 6 heteroatoms. The van der Waals surface area contributed by atoms with E-state index in [1.54, 1.807) is 30.3 Å². The van der Waals surface area contributed by atoms with Gasteiger partial charge in [0.05, 0.1) is 0 Å². The third kappa shape index (κ3) is 4.74. The Balaban J connectivity index is 1.50. The third-order valence-corrected chi connectivity index (χ3v) is 3.82. The predicted molar refractivity (Wildman–Crippen MR) is 100 cm³/mol. The van der Waals surface area contributed by atoms with Gasteiger partial charge in [-0.1, -0.05) is 54.1 Å². The summed E-state index contributed by atoms with van der Waals surface area (Å²) in [5, 5.41) is 5.18. The van der Waals surface area contributed by atoms with E-state index in [1.165, 1.54) is 0 Å². The maximum Gasteiger partial charge on any atom is 0.344 e. The van der Waals surface area contributed by atoms with Crippen molar-refractivity contribution in [2.45, 2.75) is 0 Å². The summed E-state index contributed by atoms with van der Waals surface area (Å²) in [6.07, 6.45) is 0. The van der Waals surface area contributed by atoms with E-state index in [0.29, 0.717) is 16.5 Å². The summed E-state index contributed by atoms with van der Waals surface area (Å²) in [5.41, 5.74) is 0.666. The molecule has 0 fully saturated rings. The first-order chi connectivity index (χ1) is 12.6. The Labute approximate surface area is 155 Å². The lowest BCUT2D eigenvalue weighted by Gasteiger charge is -2.10. The van der Waals surface area contributed by atoms with E-state index in [1.807, 2.05) is 36.4 Å². The van der Waals surface area contributed by atoms with E-state index >= 15 is 0 Å². The minimum atomic E-state index is -0.641. The fraction of sp³-hybridized carbons (Fsp3) is 0.100. The van der Waals surface area contributed by atoms with E-state index in [2.05, 4.69) is 5.32 Å². The average Bonchev–Trinajstić information content (AvgIpc) is 2.65. The highest BCUT2D eigenvalue weighted by atomic mass is 35.5. The number of anilines is 1. The second-order valence-electron chi connectivity index (χ2n) is 5.48. The molecule has 0 radical (unpaired) electrons. The zero-order chi connectivity index (χ0) is 18.4. The molecule has 0 aromatic heterocycles. The summed E-state index contributed by atoms with van der Waals surface area (Å²) in [6.45, 7) is -0.692. The summed E-state index contributed by atoms with van der Waals surface area (Å²) in [4.78, 5) is 23.7. The number of halogens is 1. The molecule has 0 bridgehead atoms. The fourth-order valence-electron chi connectivity index (χ4n) is 2.41. The van der Waals surface area contributed by atoms with Crippen LogP contribution in [0.5, 0.6) is 5.75 Å². The standard InChI is InChI=1S/C20H16ClNO4/c21-15-7-4-8-16(11-15)25-13-20(24)26-12-19(23)22-18-10-3-6-14-5-1-2-9-17(14)18/h1-11H,12-13H2,(H,22,23). The van der Waals surface area contributed by atoms with Gasteiger partial charge in [-0.2, -0.15) is 0 Å². The van der Waals surface area contributed by atoms with Gasteiger partial charge in [-0.05, 0) is 29.7 Å². The van der Waals surface area contributed by atoms with Gasteiger partial charge in [-0.15, -0.1) is 0 Å². The number of esters is 1. The van der Waals surface area contributed by atoms with Crippen LogP contribution in [-0.2, 0) is 14.3 Å². The molecule has 0 spiro atoms. The SMILES string of the molecule is O=C(COC(=O)COc1cccc(Cl)c1)Nc1cccc2ccccc12.